The molecule has 114 valence electrons. The van der Waals surface area contributed by atoms with Gasteiger partial charge in [-0.1, -0.05) is 19.1 Å². The first-order valence-corrected chi connectivity index (χ1v) is 7.59. The number of carbonyl (C=O) groups is 2. The Morgan fingerprint density at radius 2 is 2.19 bits per heavy atom. The zero-order valence-corrected chi connectivity index (χ0v) is 12.4. The number of nitrogens with one attached hydrogen (secondary N) is 3. The van der Waals surface area contributed by atoms with Crippen LogP contribution in [0.2, 0.25) is 0 Å². The molecule has 0 saturated carbocycles. The van der Waals surface area contributed by atoms with Gasteiger partial charge in [-0.25, -0.2) is 0 Å². The van der Waals surface area contributed by atoms with Gasteiger partial charge in [0.2, 0.25) is 5.91 Å². The van der Waals surface area contributed by atoms with Gasteiger partial charge in [-0.3, -0.25) is 9.59 Å². The summed E-state index contributed by atoms with van der Waals surface area (Å²) >= 11 is 0. The lowest BCUT2D eigenvalue weighted by atomic mass is 10.1. The average molecular weight is 289 g/mol. The number of hydrogen-bond donors (Lipinski definition) is 3. The minimum absolute atomic E-state index is 0.0355. The minimum atomic E-state index is -0.0685. The van der Waals surface area contributed by atoms with Gasteiger partial charge in [-0.15, -0.1) is 0 Å². The Morgan fingerprint density at radius 3 is 2.90 bits per heavy atom. The summed E-state index contributed by atoms with van der Waals surface area (Å²) in [6, 6.07) is 7.30. The van der Waals surface area contributed by atoms with E-state index < -0.39 is 0 Å². The lowest BCUT2D eigenvalue weighted by Gasteiger charge is -2.11. The summed E-state index contributed by atoms with van der Waals surface area (Å²) in [5, 5.41) is 8.94. The normalized spacial score (nSPS) is 17.5. The van der Waals surface area contributed by atoms with E-state index in [1.807, 2.05) is 25.1 Å². The van der Waals surface area contributed by atoms with Crippen molar-refractivity contribution in [2.45, 2.75) is 38.8 Å². The van der Waals surface area contributed by atoms with Crippen molar-refractivity contribution in [2.24, 2.45) is 0 Å². The van der Waals surface area contributed by atoms with Crippen LogP contribution in [0.15, 0.2) is 24.3 Å². The van der Waals surface area contributed by atoms with E-state index in [4.69, 9.17) is 0 Å². The van der Waals surface area contributed by atoms with E-state index in [1.54, 1.807) is 6.07 Å². The molecule has 5 heteroatoms. The molecule has 1 aliphatic heterocycles. The maximum atomic E-state index is 11.9. The van der Waals surface area contributed by atoms with Gasteiger partial charge in [-0.2, -0.15) is 0 Å². The van der Waals surface area contributed by atoms with Crippen LogP contribution in [-0.2, 0) is 11.3 Å². The van der Waals surface area contributed by atoms with Crippen molar-refractivity contribution in [1.29, 1.82) is 0 Å². The molecule has 1 heterocycles. The summed E-state index contributed by atoms with van der Waals surface area (Å²) in [6.07, 6.45) is 2.85. The smallest absolute Gasteiger partial charge is 0.251 e. The lowest BCUT2D eigenvalue weighted by molar-refractivity contribution is -0.122. The van der Waals surface area contributed by atoms with Crippen LogP contribution < -0.4 is 16.0 Å². The number of hydrogen-bond acceptors (Lipinski definition) is 3. The van der Waals surface area contributed by atoms with E-state index >= 15 is 0 Å². The summed E-state index contributed by atoms with van der Waals surface area (Å²) in [6.45, 7) is 4.05. The van der Waals surface area contributed by atoms with Crippen molar-refractivity contribution in [3.05, 3.63) is 35.4 Å². The van der Waals surface area contributed by atoms with E-state index in [-0.39, 0.29) is 17.9 Å². The van der Waals surface area contributed by atoms with Gasteiger partial charge in [0.15, 0.2) is 0 Å². The van der Waals surface area contributed by atoms with Crippen LogP contribution in [0.3, 0.4) is 0 Å². The van der Waals surface area contributed by atoms with Crippen molar-refractivity contribution < 1.29 is 9.59 Å². The molecule has 0 bridgehead atoms. The molecular weight excluding hydrogens is 266 g/mol. The van der Waals surface area contributed by atoms with E-state index in [2.05, 4.69) is 16.0 Å². The Balaban J connectivity index is 1.88. The third kappa shape index (κ3) is 4.56. The molecule has 21 heavy (non-hydrogen) atoms. The highest BCUT2D eigenvalue weighted by Gasteiger charge is 2.21. The first-order chi connectivity index (χ1) is 10.2. The Hall–Kier alpha value is -1.88. The van der Waals surface area contributed by atoms with Crippen LogP contribution in [0.5, 0.6) is 0 Å². The van der Waals surface area contributed by atoms with Gasteiger partial charge in [0, 0.05) is 18.7 Å². The van der Waals surface area contributed by atoms with Gasteiger partial charge in [0.1, 0.15) is 0 Å². The van der Waals surface area contributed by atoms with Gasteiger partial charge in [-0.05, 0) is 43.5 Å². The van der Waals surface area contributed by atoms with E-state index in [0.29, 0.717) is 18.7 Å². The highest BCUT2D eigenvalue weighted by atomic mass is 16.2. The average Bonchev–Trinajstić information content (AvgIpc) is 3.05. The van der Waals surface area contributed by atoms with Crippen molar-refractivity contribution in [2.75, 3.05) is 13.1 Å². The number of rotatable bonds is 6. The summed E-state index contributed by atoms with van der Waals surface area (Å²) in [5.74, 6) is -0.0316. The standard InChI is InChI=1S/C16H23N3O2/c1-2-8-18-15(20)13-6-3-5-12(10-13)11-19-16(21)14-7-4-9-17-14/h3,5-6,10,14,17H,2,4,7-9,11H2,1H3,(H,18,20)(H,19,21). The summed E-state index contributed by atoms with van der Waals surface area (Å²) < 4.78 is 0. The van der Waals surface area contributed by atoms with Gasteiger partial charge in [0.05, 0.1) is 6.04 Å². The second-order valence-corrected chi connectivity index (χ2v) is 5.32. The quantitative estimate of drug-likeness (QED) is 0.737. The molecule has 0 aliphatic carbocycles. The Bertz CT molecular complexity index is 496. The fourth-order valence-corrected chi connectivity index (χ4v) is 2.38. The SMILES string of the molecule is CCCNC(=O)c1cccc(CNC(=O)C2CCCN2)c1. The molecule has 0 aromatic heterocycles. The van der Waals surface area contributed by atoms with Gasteiger partial charge in [0.25, 0.3) is 5.91 Å². The molecule has 1 aromatic rings. The third-order valence-corrected chi connectivity index (χ3v) is 3.57. The number of benzene rings is 1. The van der Waals surface area contributed by atoms with Crippen molar-refractivity contribution in [3.63, 3.8) is 0 Å². The van der Waals surface area contributed by atoms with Crippen LogP contribution in [0.1, 0.15) is 42.1 Å². The zero-order valence-electron chi connectivity index (χ0n) is 12.4. The molecular formula is C16H23N3O2. The first kappa shape index (κ1) is 15.5. The fourth-order valence-electron chi connectivity index (χ4n) is 2.38. The first-order valence-electron chi connectivity index (χ1n) is 7.59. The maximum absolute atomic E-state index is 11.9. The molecule has 1 aromatic carbocycles. The van der Waals surface area contributed by atoms with E-state index in [0.717, 1.165) is 31.4 Å². The molecule has 1 unspecified atom stereocenters. The molecule has 2 rings (SSSR count). The molecule has 3 N–H and O–H groups in total. The predicted molar refractivity (Wildman–Crippen MR) is 81.9 cm³/mol. The van der Waals surface area contributed by atoms with Gasteiger partial charge >= 0.3 is 0 Å². The molecule has 1 atom stereocenters. The number of carbonyl (C=O) groups excluding carboxylic acids is 2. The lowest BCUT2D eigenvalue weighted by Crippen LogP contribution is -2.40. The van der Waals surface area contributed by atoms with Crippen LogP contribution in [-0.4, -0.2) is 30.9 Å². The second kappa shape index (κ2) is 7.78. The van der Waals surface area contributed by atoms with E-state index in [9.17, 15) is 9.59 Å². The molecule has 0 spiro atoms. The summed E-state index contributed by atoms with van der Waals surface area (Å²) in [4.78, 5) is 23.8. The molecule has 0 radical (unpaired) electrons. The molecule has 1 fully saturated rings. The zero-order chi connectivity index (χ0) is 15.1. The number of amides is 2. The second-order valence-electron chi connectivity index (χ2n) is 5.32. The predicted octanol–water partition coefficient (Wildman–Crippen LogP) is 1.19. The monoisotopic (exact) mass is 289 g/mol. The molecule has 5 nitrogen and oxygen atoms in total. The van der Waals surface area contributed by atoms with Crippen molar-refractivity contribution in [1.82, 2.24) is 16.0 Å². The topological polar surface area (TPSA) is 70.2 Å². The van der Waals surface area contributed by atoms with Crippen LogP contribution in [0.4, 0.5) is 0 Å². The molecule has 1 aliphatic rings. The van der Waals surface area contributed by atoms with Crippen LogP contribution in [0.25, 0.3) is 0 Å². The van der Waals surface area contributed by atoms with E-state index in [1.165, 1.54) is 0 Å². The Kier molecular flexibility index (Phi) is 5.75. The van der Waals surface area contributed by atoms with Crippen molar-refractivity contribution >= 4 is 11.8 Å². The molecule has 1 saturated heterocycles. The van der Waals surface area contributed by atoms with Crippen LogP contribution in [0, 0.1) is 0 Å². The third-order valence-electron chi connectivity index (χ3n) is 3.57. The highest BCUT2D eigenvalue weighted by Crippen LogP contribution is 2.07. The summed E-state index contributed by atoms with van der Waals surface area (Å²) in [5.41, 5.74) is 1.57. The largest absolute Gasteiger partial charge is 0.352 e. The highest BCUT2D eigenvalue weighted by molar-refractivity contribution is 5.94. The van der Waals surface area contributed by atoms with Crippen molar-refractivity contribution in [3.8, 4) is 0 Å². The molecule has 2 amide bonds. The summed E-state index contributed by atoms with van der Waals surface area (Å²) in [7, 11) is 0. The van der Waals surface area contributed by atoms with Crippen LogP contribution >= 0.6 is 0 Å². The van der Waals surface area contributed by atoms with Gasteiger partial charge < -0.3 is 16.0 Å². The Morgan fingerprint density at radius 1 is 1.33 bits per heavy atom. The Labute approximate surface area is 125 Å². The fraction of sp³-hybridized carbons (Fsp3) is 0.500. The maximum Gasteiger partial charge on any atom is 0.251 e. The minimum Gasteiger partial charge on any atom is -0.352 e.